The minimum Gasteiger partial charge on any atom is -0.466 e. The van der Waals surface area contributed by atoms with Gasteiger partial charge in [-0.05, 0) is 50.6 Å². The van der Waals surface area contributed by atoms with Crippen LogP contribution in [-0.2, 0) is 16.1 Å². The molecule has 0 unspecified atom stereocenters. The fraction of sp³-hybridized carbons (Fsp3) is 0.533. The topological polar surface area (TPSA) is 29.5 Å². The molecule has 1 aliphatic rings. The van der Waals surface area contributed by atoms with Gasteiger partial charge < -0.3 is 4.74 Å². The molecule has 1 saturated heterocycles. The second-order valence-electron chi connectivity index (χ2n) is 5.04. The minimum absolute atomic E-state index is 0.0304. The first-order valence-corrected chi connectivity index (χ1v) is 7.72. The number of hydrogen-bond donors (Lipinski definition) is 0. The molecule has 0 radical (unpaired) electrons. The lowest BCUT2D eigenvalue weighted by Gasteiger charge is -2.31. The Labute approximate surface area is 127 Å². The normalized spacial score (nSPS) is 17.1. The number of piperidine rings is 1. The Morgan fingerprint density at radius 2 is 2.15 bits per heavy atom. The molecule has 0 saturated carbocycles. The smallest absolute Gasteiger partial charge is 0.309 e. The van der Waals surface area contributed by atoms with Crippen molar-refractivity contribution in [2.75, 3.05) is 19.7 Å². The molecule has 5 heteroatoms. The zero-order valence-corrected chi connectivity index (χ0v) is 13.2. The number of carbonyl (C=O) groups excluding carboxylic acids is 1. The fourth-order valence-electron chi connectivity index (χ4n) is 2.48. The average molecular weight is 344 g/mol. The summed E-state index contributed by atoms with van der Waals surface area (Å²) in [6.07, 6.45) is 1.66. The number of likely N-dealkylation sites (tertiary alicyclic amines) is 1. The standard InChI is InChI=1S/C15H19BrFNO2/c1-2-20-15(19)11-5-7-18(8-6-11)10-12-3-4-13(17)9-14(12)16/h3-4,9,11H,2,5-8,10H2,1H3. The predicted molar refractivity (Wildman–Crippen MR) is 78.7 cm³/mol. The van der Waals surface area contributed by atoms with Gasteiger partial charge in [0.1, 0.15) is 5.82 Å². The second kappa shape index (κ2) is 7.18. The Morgan fingerprint density at radius 1 is 1.45 bits per heavy atom. The van der Waals surface area contributed by atoms with E-state index in [4.69, 9.17) is 4.74 Å². The molecule has 0 aromatic heterocycles. The Morgan fingerprint density at radius 3 is 2.75 bits per heavy atom. The van der Waals surface area contributed by atoms with Gasteiger partial charge in [0.05, 0.1) is 12.5 Å². The van der Waals surface area contributed by atoms with Crippen LogP contribution in [-0.4, -0.2) is 30.6 Å². The highest BCUT2D eigenvalue weighted by atomic mass is 79.9. The molecule has 0 aliphatic carbocycles. The van der Waals surface area contributed by atoms with E-state index in [1.54, 1.807) is 6.07 Å². The van der Waals surface area contributed by atoms with Gasteiger partial charge in [0.15, 0.2) is 0 Å². The Kier molecular flexibility index (Phi) is 5.54. The lowest BCUT2D eigenvalue weighted by Crippen LogP contribution is -2.36. The number of hydrogen-bond acceptors (Lipinski definition) is 3. The van der Waals surface area contributed by atoms with Gasteiger partial charge in [-0.25, -0.2) is 4.39 Å². The molecule has 2 rings (SSSR count). The van der Waals surface area contributed by atoms with Crippen LogP contribution in [0.15, 0.2) is 22.7 Å². The number of nitrogens with zero attached hydrogens (tertiary/aromatic N) is 1. The summed E-state index contributed by atoms with van der Waals surface area (Å²) in [6, 6.07) is 4.77. The van der Waals surface area contributed by atoms with E-state index in [0.717, 1.165) is 42.5 Å². The summed E-state index contributed by atoms with van der Waals surface area (Å²) in [5.74, 6) is -0.278. The fourth-order valence-corrected chi connectivity index (χ4v) is 2.95. The van der Waals surface area contributed by atoms with E-state index in [1.807, 2.05) is 6.92 Å². The first-order chi connectivity index (χ1) is 9.60. The summed E-state index contributed by atoms with van der Waals surface area (Å²) in [6.45, 7) is 4.79. The van der Waals surface area contributed by atoms with E-state index < -0.39 is 0 Å². The molecule has 3 nitrogen and oxygen atoms in total. The lowest BCUT2D eigenvalue weighted by molar-refractivity contribution is -0.149. The van der Waals surface area contributed by atoms with E-state index in [9.17, 15) is 9.18 Å². The molecule has 1 heterocycles. The number of rotatable bonds is 4. The number of ether oxygens (including phenoxy) is 1. The molecule has 110 valence electrons. The van der Waals surface area contributed by atoms with Crippen LogP contribution >= 0.6 is 15.9 Å². The average Bonchev–Trinajstić information content (AvgIpc) is 2.43. The van der Waals surface area contributed by atoms with E-state index in [1.165, 1.54) is 12.1 Å². The summed E-state index contributed by atoms with van der Waals surface area (Å²) in [5, 5.41) is 0. The SMILES string of the molecule is CCOC(=O)C1CCN(Cc2ccc(F)cc2Br)CC1. The van der Waals surface area contributed by atoms with E-state index in [-0.39, 0.29) is 17.7 Å². The molecule has 0 amide bonds. The number of esters is 1. The van der Waals surface area contributed by atoms with Crippen LogP contribution in [0.2, 0.25) is 0 Å². The largest absolute Gasteiger partial charge is 0.466 e. The molecule has 20 heavy (non-hydrogen) atoms. The van der Waals surface area contributed by atoms with Crippen molar-refractivity contribution in [1.82, 2.24) is 4.90 Å². The van der Waals surface area contributed by atoms with Crippen molar-refractivity contribution in [1.29, 1.82) is 0 Å². The Hall–Kier alpha value is -0.940. The summed E-state index contributed by atoms with van der Waals surface area (Å²) < 4.78 is 18.9. The minimum atomic E-state index is -0.235. The molecule has 1 aromatic rings. The predicted octanol–water partition coefficient (Wildman–Crippen LogP) is 3.36. The van der Waals surface area contributed by atoms with Crippen LogP contribution in [0.5, 0.6) is 0 Å². The Bertz CT molecular complexity index is 473. The summed E-state index contributed by atoms with van der Waals surface area (Å²) in [4.78, 5) is 14.0. The molecule has 0 spiro atoms. The van der Waals surface area contributed by atoms with Crippen molar-refractivity contribution in [3.05, 3.63) is 34.1 Å². The van der Waals surface area contributed by atoms with Crippen LogP contribution in [0.25, 0.3) is 0 Å². The maximum absolute atomic E-state index is 13.0. The van der Waals surface area contributed by atoms with E-state index in [2.05, 4.69) is 20.8 Å². The molecule has 0 atom stereocenters. The molecule has 1 aromatic carbocycles. The summed E-state index contributed by atoms with van der Waals surface area (Å²) in [5.41, 5.74) is 1.07. The number of halogens is 2. The van der Waals surface area contributed by atoms with Gasteiger partial charge in [-0.1, -0.05) is 22.0 Å². The van der Waals surface area contributed by atoms with Crippen molar-refractivity contribution in [2.45, 2.75) is 26.3 Å². The van der Waals surface area contributed by atoms with Gasteiger partial charge in [0.25, 0.3) is 0 Å². The highest BCUT2D eigenvalue weighted by Crippen LogP contribution is 2.24. The third kappa shape index (κ3) is 4.03. The molecule has 1 aliphatic heterocycles. The highest BCUT2D eigenvalue weighted by Gasteiger charge is 2.26. The van der Waals surface area contributed by atoms with E-state index in [0.29, 0.717) is 6.61 Å². The monoisotopic (exact) mass is 343 g/mol. The first-order valence-electron chi connectivity index (χ1n) is 6.93. The number of carbonyl (C=O) groups is 1. The van der Waals surface area contributed by atoms with Crippen LogP contribution in [0.3, 0.4) is 0 Å². The van der Waals surface area contributed by atoms with Crippen molar-refractivity contribution >= 4 is 21.9 Å². The van der Waals surface area contributed by atoms with Crippen LogP contribution in [0, 0.1) is 11.7 Å². The summed E-state index contributed by atoms with van der Waals surface area (Å²) in [7, 11) is 0. The molecule has 0 bridgehead atoms. The zero-order valence-electron chi connectivity index (χ0n) is 11.6. The molecular weight excluding hydrogens is 325 g/mol. The first kappa shape index (κ1) is 15.4. The van der Waals surface area contributed by atoms with Gasteiger partial charge in [0, 0.05) is 11.0 Å². The number of benzene rings is 1. The zero-order chi connectivity index (χ0) is 14.5. The quantitative estimate of drug-likeness (QED) is 0.785. The van der Waals surface area contributed by atoms with Crippen LogP contribution in [0.1, 0.15) is 25.3 Å². The van der Waals surface area contributed by atoms with Crippen molar-refractivity contribution in [3.8, 4) is 0 Å². The van der Waals surface area contributed by atoms with E-state index >= 15 is 0 Å². The van der Waals surface area contributed by atoms with Crippen molar-refractivity contribution in [2.24, 2.45) is 5.92 Å². The third-order valence-corrected chi connectivity index (χ3v) is 4.35. The second-order valence-corrected chi connectivity index (χ2v) is 5.89. The van der Waals surface area contributed by atoms with Gasteiger partial charge >= 0.3 is 5.97 Å². The van der Waals surface area contributed by atoms with Gasteiger partial charge in [0.2, 0.25) is 0 Å². The van der Waals surface area contributed by atoms with Crippen LogP contribution in [0.4, 0.5) is 4.39 Å². The molecular formula is C15H19BrFNO2. The van der Waals surface area contributed by atoms with Gasteiger partial charge in [-0.2, -0.15) is 0 Å². The lowest BCUT2D eigenvalue weighted by atomic mass is 9.96. The highest BCUT2D eigenvalue weighted by molar-refractivity contribution is 9.10. The van der Waals surface area contributed by atoms with Gasteiger partial charge in [-0.15, -0.1) is 0 Å². The third-order valence-electron chi connectivity index (χ3n) is 3.62. The molecule has 1 fully saturated rings. The maximum Gasteiger partial charge on any atom is 0.309 e. The summed E-state index contributed by atoms with van der Waals surface area (Å²) >= 11 is 3.39. The van der Waals surface area contributed by atoms with Crippen LogP contribution < -0.4 is 0 Å². The Balaban J connectivity index is 1.86. The molecule has 0 N–H and O–H groups in total. The maximum atomic E-state index is 13.0. The van der Waals surface area contributed by atoms with Gasteiger partial charge in [-0.3, -0.25) is 9.69 Å². The van der Waals surface area contributed by atoms with Crippen molar-refractivity contribution in [3.63, 3.8) is 0 Å². The van der Waals surface area contributed by atoms with Crippen molar-refractivity contribution < 1.29 is 13.9 Å².